The van der Waals surface area contributed by atoms with E-state index in [-0.39, 0.29) is 0 Å². The minimum Gasteiger partial charge on any atom is -0.338 e. The average Bonchev–Trinajstić information content (AvgIpc) is 2.37. The monoisotopic (exact) mass is 282 g/mol. The fourth-order valence-corrected chi connectivity index (χ4v) is 1.61. The lowest BCUT2D eigenvalue weighted by Crippen LogP contribution is -2.34. The summed E-state index contributed by atoms with van der Waals surface area (Å²) in [5.41, 5.74) is -1.97. The van der Waals surface area contributed by atoms with Crippen molar-refractivity contribution in [2.45, 2.75) is 25.8 Å². The molecule has 0 heterocycles. The van der Waals surface area contributed by atoms with E-state index in [0.29, 0.717) is 25.0 Å². The summed E-state index contributed by atoms with van der Waals surface area (Å²) in [5, 5.41) is 12.8. The van der Waals surface area contributed by atoms with Crippen LogP contribution in [-0.2, 0) is 0 Å². The van der Waals surface area contributed by atoms with Gasteiger partial charge in [0.2, 0.25) is 5.82 Å². The van der Waals surface area contributed by atoms with Crippen LogP contribution in [-0.4, -0.2) is 16.9 Å². The Labute approximate surface area is 114 Å². The number of nitro groups is 1. The smallest absolute Gasteiger partial charge is 0.305 e. The Hall–Kier alpha value is -2.49. The number of hydrogen-bond donors (Lipinski definition) is 1. The summed E-state index contributed by atoms with van der Waals surface area (Å²) in [7, 11) is 0. The van der Waals surface area contributed by atoms with Crippen molar-refractivity contribution in [2.75, 3.05) is 0 Å². The van der Waals surface area contributed by atoms with Gasteiger partial charge in [-0.15, -0.1) is 6.42 Å². The Morgan fingerprint density at radius 1 is 1.55 bits per heavy atom. The third kappa shape index (κ3) is 3.29. The second kappa shape index (κ2) is 6.61. The fourth-order valence-electron chi connectivity index (χ4n) is 1.61. The molecule has 0 saturated heterocycles. The first-order valence-corrected chi connectivity index (χ1v) is 5.81. The lowest BCUT2D eigenvalue weighted by molar-refractivity contribution is -0.387. The van der Waals surface area contributed by atoms with E-state index in [9.17, 15) is 23.7 Å². The highest BCUT2D eigenvalue weighted by atomic mass is 19.1. The molecule has 0 aromatic heterocycles. The van der Waals surface area contributed by atoms with Crippen molar-refractivity contribution in [2.24, 2.45) is 0 Å². The number of hydrogen-bond acceptors (Lipinski definition) is 3. The van der Waals surface area contributed by atoms with Crippen molar-refractivity contribution in [3.63, 3.8) is 0 Å². The molecule has 0 aliphatic rings. The summed E-state index contributed by atoms with van der Waals surface area (Å²) in [6.07, 6.45) is 6.27. The molecule has 0 spiro atoms. The summed E-state index contributed by atoms with van der Waals surface area (Å²) in [6, 6.07) is 0.637. The molecule has 1 unspecified atom stereocenters. The molecule has 1 aromatic rings. The van der Waals surface area contributed by atoms with E-state index in [1.165, 1.54) is 0 Å². The summed E-state index contributed by atoms with van der Waals surface area (Å²) in [5.74, 6) is -1.54. The summed E-state index contributed by atoms with van der Waals surface area (Å²) in [6.45, 7) is 1.82. The molecule has 1 atom stereocenters. The van der Waals surface area contributed by atoms with Gasteiger partial charge in [0.1, 0.15) is 11.4 Å². The third-order valence-corrected chi connectivity index (χ3v) is 2.58. The largest absolute Gasteiger partial charge is 0.338 e. The van der Waals surface area contributed by atoms with E-state index < -0.39 is 39.8 Å². The van der Waals surface area contributed by atoms with Crippen LogP contribution < -0.4 is 5.32 Å². The van der Waals surface area contributed by atoms with Gasteiger partial charge in [0.05, 0.1) is 11.0 Å². The van der Waals surface area contributed by atoms with E-state index in [1.807, 2.05) is 6.92 Å². The van der Waals surface area contributed by atoms with Gasteiger partial charge in [-0.1, -0.05) is 19.3 Å². The van der Waals surface area contributed by atoms with Gasteiger partial charge in [0.25, 0.3) is 5.91 Å². The Kier molecular flexibility index (Phi) is 5.15. The average molecular weight is 282 g/mol. The molecule has 106 valence electrons. The molecular weight excluding hydrogens is 270 g/mol. The lowest BCUT2D eigenvalue weighted by atomic mass is 10.1. The second-order valence-electron chi connectivity index (χ2n) is 3.99. The Bertz CT molecular complexity index is 582. The van der Waals surface area contributed by atoms with Gasteiger partial charge in [-0.05, 0) is 12.5 Å². The number of nitrogens with zero attached hydrogens (tertiary/aromatic N) is 1. The molecule has 0 radical (unpaired) electrons. The summed E-state index contributed by atoms with van der Waals surface area (Å²) >= 11 is 0. The van der Waals surface area contributed by atoms with E-state index >= 15 is 0 Å². The fraction of sp³-hybridized carbons (Fsp3) is 0.308. The first kappa shape index (κ1) is 15.6. The molecular formula is C13H12F2N2O3. The number of carbonyl (C=O) groups excluding carboxylic acids is 1. The number of terminal acetylenes is 1. The highest BCUT2D eigenvalue weighted by molar-refractivity contribution is 5.95. The van der Waals surface area contributed by atoms with Crippen LogP contribution in [0.3, 0.4) is 0 Å². The van der Waals surface area contributed by atoms with E-state index in [2.05, 4.69) is 11.2 Å². The molecule has 1 amide bonds. The number of nitrogens with one attached hydrogen (secondary N) is 1. The minimum absolute atomic E-state index is 0.431. The number of amides is 1. The van der Waals surface area contributed by atoms with Gasteiger partial charge in [-0.2, -0.15) is 4.39 Å². The van der Waals surface area contributed by atoms with Crippen LogP contribution in [0, 0.1) is 34.1 Å². The molecule has 20 heavy (non-hydrogen) atoms. The Morgan fingerprint density at radius 3 is 2.70 bits per heavy atom. The Balaban J connectivity index is 3.13. The van der Waals surface area contributed by atoms with Crippen molar-refractivity contribution < 1.29 is 18.5 Å². The predicted molar refractivity (Wildman–Crippen MR) is 68.0 cm³/mol. The zero-order valence-corrected chi connectivity index (χ0v) is 10.7. The maximum Gasteiger partial charge on any atom is 0.305 e. The van der Waals surface area contributed by atoms with Crippen molar-refractivity contribution in [3.8, 4) is 12.3 Å². The van der Waals surface area contributed by atoms with Gasteiger partial charge in [0.15, 0.2) is 0 Å². The standard InChI is InChI=1S/C13H12F2N2O3/c1-3-5-8(4-2)16-13(18)11-9(14)6-7-10(12(11)15)17(19)20/h2,6-8H,3,5H2,1H3,(H,16,18). The normalized spacial score (nSPS) is 11.5. The predicted octanol–water partition coefficient (Wildman–Crippen LogP) is 2.40. The molecule has 1 N–H and O–H groups in total. The molecule has 1 aromatic carbocycles. The van der Waals surface area contributed by atoms with Crippen LogP contribution >= 0.6 is 0 Å². The molecule has 5 nitrogen and oxygen atoms in total. The van der Waals surface area contributed by atoms with Crippen LogP contribution in [0.15, 0.2) is 12.1 Å². The van der Waals surface area contributed by atoms with Gasteiger partial charge < -0.3 is 5.32 Å². The quantitative estimate of drug-likeness (QED) is 0.512. The number of halogens is 2. The topological polar surface area (TPSA) is 72.2 Å². The minimum atomic E-state index is -1.51. The van der Waals surface area contributed by atoms with Crippen LogP contribution in [0.25, 0.3) is 0 Å². The molecule has 0 fully saturated rings. The summed E-state index contributed by atoms with van der Waals surface area (Å²) < 4.78 is 27.3. The van der Waals surface area contributed by atoms with Crippen LogP contribution in [0.5, 0.6) is 0 Å². The van der Waals surface area contributed by atoms with E-state index in [1.54, 1.807) is 0 Å². The number of carbonyl (C=O) groups is 1. The summed E-state index contributed by atoms with van der Waals surface area (Å²) in [4.78, 5) is 21.3. The molecule has 0 aliphatic heterocycles. The molecule has 0 bridgehead atoms. The lowest BCUT2D eigenvalue weighted by Gasteiger charge is -2.12. The van der Waals surface area contributed by atoms with Crippen molar-refractivity contribution in [1.82, 2.24) is 5.32 Å². The maximum absolute atomic E-state index is 13.8. The zero-order chi connectivity index (χ0) is 15.3. The van der Waals surface area contributed by atoms with Crippen molar-refractivity contribution >= 4 is 11.6 Å². The van der Waals surface area contributed by atoms with Gasteiger partial charge >= 0.3 is 5.69 Å². The van der Waals surface area contributed by atoms with Crippen molar-refractivity contribution in [3.05, 3.63) is 39.4 Å². The van der Waals surface area contributed by atoms with Gasteiger partial charge in [0, 0.05) is 6.07 Å². The van der Waals surface area contributed by atoms with Crippen molar-refractivity contribution in [1.29, 1.82) is 0 Å². The maximum atomic E-state index is 13.8. The third-order valence-electron chi connectivity index (χ3n) is 2.58. The molecule has 7 heteroatoms. The van der Waals surface area contributed by atoms with E-state index in [0.717, 1.165) is 0 Å². The number of rotatable bonds is 5. The SMILES string of the molecule is C#CC(CCC)NC(=O)c1c(F)ccc([N+](=O)[O-])c1F. The number of nitro benzene ring substituents is 1. The first-order chi connectivity index (χ1) is 9.42. The molecule has 0 saturated carbocycles. The van der Waals surface area contributed by atoms with Crippen LogP contribution in [0.1, 0.15) is 30.1 Å². The molecule has 1 rings (SSSR count). The molecule has 0 aliphatic carbocycles. The Morgan fingerprint density at radius 2 is 2.20 bits per heavy atom. The number of benzene rings is 1. The van der Waals surface area contributed by atoms with Crippen LogP contribution in [0.4, 0.5) is 14.5 Å². The van der Waals surface area contributed by atoms with Gasteiger partial charge in [-0.3, -0.25) is 14.9 Å². The highest BCUT2D eigenvalue weighted by Crippen LogP contribution is 2.23. The second-order valence-corrected chi connectivity index (χ2v) is 3.99. The highest BCUT2D eigenvalue weighted by Gasteiger charge is 2.26. The van der Waals surface area contributed by atoms with Crippen LogP contribution in [0.2, 0.25) is 0 Å². The first-order valence-electron chi connectivity index (χ1n) is 5.81. The van der Waals surface area contributed by atoms with E-state index in [4.69, 9.17) is 6.42 Å². The zero-order valence-electron chi connectivity index (χ0n) is 10.7. The van der Waals surface area contributed by atoms with Gasteiger partial charge in [-0.25, -0.2) is 4.39 Å².